The average molecular weight is 326 g/mol. The van der Waals surface area contributed by atoms with Crippen LogP contribution in [0.15, 0.2) is 29.4 Å². The van der Waals surface area contributed by atoms with Gasteiger partial charge in [0, 0.05) is 17.0 Å². The van der Waals surface area contributed by atoms with Crippen molar-refractivity contribution in [1.29, 1.82) is 0 Å². The summed E-state index contributed by atoms with van der Waals surface area (Å²) in [4.78, 5) is 0. The molecule has 3 heteroatoms. The van der Waals surface area contributed by atoms with Gasteiger partial charge in [0.2, 0.25) is 0 Å². The Morgan fingerprint density at radius 2 is 1.62 bits per heavy atom. The smallest absolute Gasteiger partial charge is 0.127 e. The molecule has 2 rings (SSSR count). The molecule has 0 amide bonds. The van der Waals surface area contributed by atoms with E-state index >= 15 is 0 Å². The van der Waals surface area contributed by atoms with E-state index in [-0.39, 0.29) is 0 Å². The Labute approximate surface area is 146 Å². The quantitative estimate of drug-likeness (QED) is 0.650. The predicted octanol–water partition coefficient (Wildman–Crippen LogP) is 5.38. The molecule has 1 aromatic carbocycles. The van der Waals surface area contributed by atoms with Crippen molar-refractivity contribution in [2.24, 2.45) is 5.10 Å². The molecule has 0 aliphatic rings. The summed E-state index contributed by atoms with van der Waals surface area (Å²) in [6.07, 6.45) is 8.34. The van der Waals surface area contributed by atoms with Crippen LogP contribution in [0.3, 0.4) is 0 Å². The highest BCUT2D eigenvalue weighted by molar-refractivity contribution is 5.84. The Balaban J connectivity index is 2.35. The largest absolute Gasteiger partial charge is 0.507 e. The van der Waals surface area contributed by atoms with Crippen LogP contribution >= 0.6 is 0 Å². The zero-order valence-corrected chi connectivity index (χ0v) is 15.5. The third kappa shape index (κ3) is 4.50. The molecule has 3 nitrogen and oxygen atoms in total. The first-order valence-electron chi connectivity index (χ1n) is 9.10. The summed E-state index contributed by atoms with van der Waals surface area (Å²) in [5.74, 6) is 0.384. The van der Waals surface area contributed by atoms with Gasteiger partial charge in [-0.1, -0.05) is 32.8 Å². The minimum Gasteiger partial charge on any atom is -0.507 e. The normalized spacial score (nSPS) is 11.5. The van der Waals surface area contributed by atoms with Crippen LogP contribution in [0.5, 0.6) is 5.75 Å². The SMILES string of the molecule is CCCCc1cc(/C=N/n2c(C)ccc2C)c(O)c(CCCC)c1. The van der Waals surface area contributed by atoms with Gasteiger partial charge in [-0.3, -0.25) is 0 Å². The van der Waals surface area contributed by atoms with Crippen molar-refractivity contribution in [2.75, 3.05) is 0 Å². The third-order valence-electron chi connectivity index (χ3n) is 4.44. The standard InChI is InChI=1S/C21H30N2O/c1-5-7-9-18-13-19(10-8-6-2)21(24)20(14-18)15-22-23-16(3)11-12-17(23)4/h11-15,24H,5-10H2,1-4H3/b22-15+. The molecule has 24 heavy (non-hydrogen) atoms. The van der Waals surface area contributed by atoms with E-state index in [9.17, 15) is 5.11 Å². The number of benzene rings is 1. The van der Waals surface area contributed by atoms with Gasteiger partial charge >= 0.3 is 0 Å². The second-order valence-electron chi connectivity index (χ2n) is 6.57. The number of aromatic hydroxyl groups is 1. The van der Waals surface area contributed by atoms with E-state index in [0.717, 1.165) is 48.2 Å². The molecule has 1 N–H and O–H groups in total. The van der Waals surface area contributed by atoms with Crippen molar-refractivity contribution in [3.8, 4) is 5.75 Å². The number of rotatable bonds is 8. The summed E-state index contributed by atoms with van der Waals surface area (Å²) in [5, 5.41) is 15.2. The molecule has 0 saturated carbocycles. The molecule has 0 radical (unpaired) electrons. The number of hydrogen-bond acceptors (Lipinski definition) is 2. The summed E-state index contributed by atoms with van der Waals surface area (Å²) >= 11 is 0. The topological polar surface area (TPSA) is 37.5 Å². The fraction of sp³-hybridized carbons (Fsp3) is 0.476. The Hall–Kier alpha value is -2.03. The Morgan fingerprint density at radius 3 is 2.25 bits per heavy atom. The summed E-state index contributed by atoms with van der Waals surface area (Å²) in [6.45, 7) is 8.46. The molecule has 0 aliphatic heterocycles. The van der Waals surface area contributed by atoms with E-state index in [1.807, 2.05) is 18.5 Å². The van der Waals surface area contributed by atoms with Crippen molar-refractivity contribution in [1.82, 2.24) is 4.68 Å². The van der Waals surface area contributed by atoms with Gasteiger partial charge in [-0.05, 0) is 68.9 Å². The summed E-state index contributed by atoms with van der Waals surface area (Å²) in [6, 6.07) is 8.36. The first-order valence-corrected chi connectivity index (χ1v) is 9.10. The number of unbranched alkanes of at least 4 members (excludes halogenated alkanes) is 2. The lowest BCUT2D eigenvalue weighted by atomic mass is 9.97. The number of aromatic nitrogens is 1. The van der Waals surface area contributed by atoms with E-state index in [2.05, 4.69) is 43.2 Å². The maximum atomic E-state index is 10.6. The highest BCUT2D eigenvalue weighted by Gasteiger charge is 2.09. The van der Waals surface area contributed by atoms with Crippen molar-refractivity contribution in [3.63, 3.8) is 0 Å². The zero-order valence-electron chi connectivity index (χ0n) is 15.5. The van der Waals surface area contributed by atoms with Gasteiger partial charge in [0.1, 0.15) is 5.75 Å². The van der Waals surface area contributed by atoms with E-state index < -0.39 is 0 Å². The third-order valence-corrected chi connectivity index (χ3v) is 4.44. The van der Waals surface area contributed by atoms with Gasteiger partial charge in [-0.15, -0.1) is 0 Å². The maximum Gasteiger partial charge on any atom is 0.127 e. The molecule has 0 saturated heterocycles. The molecule has 0 aliphatic carbocycles. The van der Waals surface area contributed by atoms with Crippen LogP contribution in [-0.4, -0.2) is 16.0 Å². The van der Waals surface area contributed by atoms with Gasteiger partial charge < -0.3 is 5.11 Å². The predicted molar refractivity (Wildman–Crippen MR) is 102 cm³/mol. The molecule has 0 atom stereocenters. The van der Waals surface area contributed by atoms with Crippen LogP contribution in [0.4, 0.5) is 0 Å². The summed E-state index contributed by atoms with van der Waals surface area (Å²) < 4.78 is 1.91. The second-order valence-corrected chi connectivity index (χ2v) is 6.57. The molecule has 1 heterocycles. The lowest BCUT2D eigenvalue weighted by molar-refractivity contribution is 0.465. The number of nitrogens with zero attached hydrogens (tertiary/aromatic N) is 2. The lowest BCUT2D eigenvalue weighted by Crippen LogP contribution is -1.99. The Morgan fingerprint density at radius 1 is 1.00 bits per heavy atom. The van der Waals surface area contributed by atoms with Crippen LogP contribution in [-0.2, 0) is 12.8 Å². The minimum absolute atomic E-state index is 0.384. The number of phenols is 1. The van der Waals surface area contributed by atoms with Gasteiger partial charge in [-0.25, -0.2) is 4.68 Å². The first kappa shape index (κ1) is 18.3. The highest BCUT2D eigenvalue weighted by Crippen LogP contribution is 2.26. The molecular formula is C21H30N2O. The first-order chi connectivity index (χ1) is 11.6. The lowest BCUT2D eigenvalue weighted by Gasteiger charge is -2.11. The van der Waals surface area contributed by atoms with Crippen molar-refractivity contribution >= 4 is 6.21 Å². The van der Waals surface area contributed by atoms with Gasteiger partial charge in [0.25, 0.3) is 0 Å². The van der Waals surface area contributed by atoms with Crippen molar-refractivity contribution in [3.05, 3.63) is 52.3 Å². The van der Waals surface area contributed by atoms with Crippen LogP contribution in [0.1, 0.15) is 67.6 Å². The van der Waals surface area contributed by atoms with Crippen LogP contribution in [0, 0.1) is 13.8 Å². The second kappa shape index (κ2) is 8.72. The number of aryl methyl sites for hydroxylation is 4. The summed E-state index contributed by atoms with van der Waals surface area (Å²) in [5.41, 5.74) is 5.35. The van der Waals surface area contributed by atoms with Crippen molar-refractivity contribution in [2.45, 2.75) is 66.2 Å². The van der Waals surface area contributed by atoms with Crippen molar-refractivity contribution < 1.29 is 5.11 Å². The number of hydrogen-bond donors (Lipinski definition) is 1. The van der Waals surface area contributed by atoms with Gasteiger partial charge in [0.15, 0.2) is 0 Å². The van der Waals surface area contributed by atoms with Crippen LogP contribution in [0.25, 0.3) is 0 Å². The Kier molecular flexibility index (Phi) is 6.65. The number of phenolic OH excluding ortho intramolecular Hbond substituents is 1. The fourth-order valence-electron chi connectivity index (χ4n) is 2.93. The molecule has 0 fully saturated rings. The zero-order chi connectivity index (χ0) is 17.5. The van der Waals surface area contributed by atoms with E-state index in [1.165, 1.54) is 18.4 Å². The molecule has 0 spiro atoms. The van der Waals surface area contributed by atoms with Crippen LogP contribution in [0.2, 0.25) is 0 Å². The average Bonchev–Trinajstić information content (AvgIpc) is 2.89. The molecule has 2 aromatic rings. The van der Waals surface area contributed by atoms with Crippen LogP contribution < -0.4 is 0 Å². The fourth-order valence-corrected chi connectivity index (χ4v) is 2.93. The monoisotopic (exact) mass is 326 g/mol. The highest BCUT2D eigenvalue weighted by atomic mass is 16.3. The van der Waals surface area contributed by atoms with Gasteiger partial charge in [0.05, 0.1) is 6.21 Å². The molecular weight excluding hydrogens is 296 g/mol. The summed E-state index contributed by atoms with van der Waals surface area (Å²) in [7, 11) is 0. The minimum atomic E-state index is 0.384. The van der Waals surface area contributed by atoms with E-state index in [0.29, 0.717) is 5.75 Å². The maximum absolute atomic E-state index is 10.6. The van der Waals surface area contributed by atoms with E-state index in [1.54, 1.807) is 6.21 Å². The molecule has 1 aromatic heterocycles. The van der Waals surface area contributed by atoms with Gasteiger partial charge in [-0.2, -0.15) is 5.10 Å². The molecule has 0 bridgehead atoms. The molecule has 0 unspecified atom stereocenters. The molecule has 130 valence electrons. The Bertz CT molecular complexity index is 679. The van der Waals surface area contributed by atoms with E-state index in [4.69, 9.17) is 0 Å².